The van der Waals surface area contributed by atoms with Crippen molar-refractivity contribution in [3.63, 3.8) is 0 Å². The molecule has 0 aliphatic rings. The van der Waals surface area contributed by atoms with Gasteiger partial charge in [-0.15, -0.1) is 0 Å². The van der Waals surface area contributed by atoms with Crippen LogP contribution in [0.1, 0.15) is 0 Å². The van der Waals surface area contributed by atoms with Crippen LogP contribution in [0.25, 0.3) is 105 Å². The van der Waals surface area contributed by atoms with Crippen molar-refractivity contribution < 1.29 is 0 Å². The molecule has 276 valence electrons. The first-order valence-electron chi connectivity index (χ1n) is 20.1. The zero-order valence-electron chi connectivity index (χ0n) is 32.0. The van der Waals surface area contributed by atoms with E-state index >= 15 is 4.79 Å². The van der Waals surface area contributed by atoms with Crippen LogP contribution in [-0.4, -0.2) is 13.7 Å². The van der Waals surface area contributed by atoms with Crippen LogP contribution in [0.15, 0.2) is 217 Å². The molecule has 3 heterocycles. The average Bonchev–Trinajstić information content (AvgIpc) is 3.82. The van der Waals surface area contributed by atoms with Gasteiger partial charge in [-0.05, 0) is 94.4 Å². The van der Waals surface area contributed by atoms with E-state index in [1.165, 1.54) is 11.1 Å². The Bertz CT molecular complexity index is 3670. The lowest BCUT2D eigenvalue weighted by Gasteiger charge is -2.16. The SMILES string of the molecule is O=c1c2cc3c4ccccc4n(-c4cccc(-c5ccccc5)c4)c3cc2c2ccc3c(c4ccccc4n3-c3cccc(-c4ccccc4)c3)c2n1-c1ccccc1. The summed E-state index contributed by atoms with van der Waals surface area (Å²) < 4.78 is 6.65. The molecule has 4 nitrogen and oxygen atoms in total. The first-order chi connectivity index (χ1) is 29.2. The van der Waals surface area contributed by atoms with Crippen LogP contribution in [0.5, 0.6) is 0 Å². The Morgan fingerprint density at radius 2 is 0.780 bits per heavy atom. The first-order valence-corrected chi connectivity index (χ1v) is 20.1. The number of fused-ring (bicyclic) bond motifs is 10. The quantitative estimate of drug-likeness (QED) is 0.161. The Kier molecular flexibility index (Phi) is 7.35. The lowest BCUT2D eigenvalue weighted by Crippen LogP contribution is -2.19. The summed E-state index contributed by atoms with van der Waals surface area (Å²) in [6, 6.07) is 74.6. The van der Waals surface area contributed by atoms with E-state index in [1.54, 1.807) is 0 Å². The van der Waals surface area contributed by atoms with Gasteiger partial charge in [-0.2, -0.15) is 0 Å². The number of rotatable bonds is 5. The summed E-state index contributed by atoms with van der Waals surface area (Å²) in [4.78, 5) is 15.4. The molecule has 0 amide bonds. The van der Waals surface area contributed by atoms with Gasteiger partial charge in [0.2, 0.25) is 0 Å². The molecule has 9 aromatic carbocycles. The molecule has 0 saturated heterocycles. The van der Waals surface area contributed by atoms with Gasteiger partial charge in [0.1, 0.15) is 0 Å². The van der Waals surface area contributed by atoms with E-state index in [1.807, 2.05) is 34.9 Å². The third-order valence-corrected chi connectivity index (χ3v) is 12.0. The van der Waals surface area contributed by atoms with Crippen molar-refractivity contribution in [1.29, 1.82) is 0 Å². The molecule has 12 rings (SSSR count). The number of para-hydroxylation sites is 3. The number of benzene rings is 9. The summed E-state index contributed by atoms with van der Waals surface area (Å²) in [7, 11) is 0. The molecular formula is C55H35N3O. The van der Waals surface area contributed by atoms with E-state index in [0.717, 1.165) is 88.1 Å². The highest BCUT2D eigenvalue weighted by atomic mass is 16.1. The van der Waals surface area contributed by atoms with Crippen LogP contribution < -0.4 is 5.56 Å². The van der Waals surface area contributed by atoms with Crippen molar-refractivity contribution in [3.05, 3.63) is 223 Å². The summed E-state index contributed by atoms with van der Waals surface area (Å²) >= 11 is 0. The van der Waals surface area contributed by atoms with Gasteiger partial charge in [-0.3, -0.25) is 9.36 Å². The van der Waals surface area contributed by atoms with Gasteiger partial charge in [0.25, 0.3) is 5.56 Å². The maximum absolute atomic E-state index is 15.4. The second kappa shape index (κ2) is 13.1. The topological polar surface area (TPSA) is 31.9 Å². The largest absolute Gasteiger partial charge is 0.309 e. The monoisotopic (exact) mass is 753 g/mol. The highest BCUT2D eigenvalue weighted by Crippen LogP contribution is 2.42. The fraction of sp³-hybridized carbons (Fsp3) is 0. The number of hydrogen-bond donors (Lipinski definition) is 0. The fourth-order valence-corrected chi connectivity index (χ4v) is 9.42. The number of nitrogens with zero attached hydrogens (tertiary/aromatic N) is 3. The molecule has 3 aromatic heterocycles. The van der Waals surface area contributed by atoms with E-state index in [4.69, 9.17) is 0 Å². The Labute approximate surface area is 339 Å². The molecule has 0 aliphatic carbocycles. The molecule has 0 N–H and O–H groups in total. The summed E-state index contributed by atoms with van der Waals surface area (Å²) in [5.74, 6) is 0. The molecule has 0 saturated carbocycles. The summed E-state index contributed by atoms with van der Waals surface area (Å²) in [5.41, 5.74) is 12.7. The second-order valence-electron chi connectivity index (χ2n) is 15.3. The summed E-state index contributed by atoms with van der Waals surface area (Å²) in [6.45, 7) is 0. The molecular weight excluding hydrogens is 719 g/mol. The van der Waals surface area contributed by atoms with Crippen molar-refractivity contribution in [2.75, 3.05) is 0 Å². The molecule has 0 radical (unpaired) electrons. The van der Waals surface area contributed by atoms with Gasteiger partial charge in [0.05, 0.1) is 27.6 Å². The molecule has 12 aromatic rings. The van der Waals surface area contributed by atoms with Gasteiger partial charge in [0, 0.05) is 49.4 Å². The molecule has 0 fully saturated rings. The van der Waals surface area contributed by atoms with Crippen LogP contribution in [0.4, 0.5) is 0 Å². The Balaban J connectivity index is 1.21. The average molecular weight is 754 g/mol. The van der Waals surface area contributed by atoms with Gasteiger partial charge in [-0.25, -0.2) is 0 Å². The Hall–Kier alpha value is -7.95. The maximum atomic E-state index is 15.4. The van der Waals surface area contributed by atoms with Crippen molar-refractivity contribution in [2.45, 2.75) is 0 Å². The van der Waals surface area contributed by atoms with E-state index < -0.39 is 0 Å². The smallest absolute Gasteiger partial charge is 0.263 e. The molecule has 0 atom stereocenters. The fourth-order valence-electron chi connectivity index (χ4n) is 9.42. The minimum atomic E-state index is -0.0427. The molecule has 0 unspecified atom stereocenters. The third kappa shape index (κ3) is 5.06. The van der Waals surface area contributed by atoms with Gasteiger partial charge in [0.15, 0.2) is 0 Å². The van der Waals surface area contributed by atoms with Crippen LogP contribution in [0.2, 0.25) is 0 Å². The standard InChI is InChI=1S/C55H35N3O/c59-55-48-34-47-43-26-10-12-28-49(43)57(42-25-15-21-39(33-42)37-18-6-2-7-19-37)52(47)35-46(48)44-30-31-51-53(54(44)58(55)40-22-8-3-9-23-40)45-27-11-13-29-50(45)56(51)41-24-14-20-38(32-41)36-16-4-1-5-17-36/h1-35H. The minimum absolute atomic E-state index is 0.0427. The molecule has 4 heteroatoms. The maximum Gasteiger partial charge on any atom is 0.263 e. The van der Waals surface area contributed by atoms with E-state index in [0.29, 0.717) is 5.39 Å². The predicted octanol–water partition coefficient (Wildman–Crippen LogP) is 13.7. The normalized spacial score (nSPS) is 11.8. The van der Waals surface area contributed by atoms with Crippen molar-refractivity contribution in [1.82, 2.24) is 13.7 Å². The van der Waals surface area contributed by atoms with Gasteiger partial charge < -0.3 is 9.13 Å². The first kappa shape index (κ1) is 33.2. The number of hydrogen-bond acceptors (Lipinski definition) is 1. The molecule has 0 bridgehead atoms. The molecule has 59 heavy (non-hydrogen) atoms. The van der Waals surface area contributed by atoms with Crippen molar-refractivity contribution in [3.8, 4) is 39.3 Å². The summed E-state index contributed by atoms with van der Waals surface area (Å²) in [5, 5.41) is 6.93. The van der Waals surface area contributed by atoms with E-state index in [2.05, 4.69) is 191 Å². The third-order valence-electron chi connectivity index (χ3n) is 12.0. The highest BCUT2D eigenvalue weighted by molar-refractivity contribution is 6.26. The molecule has 0 aliphatic heterocycles. The second-order valence-corrected chi connectivity index (χ2v) is 15.3. The highest BCUT2D eigenvalue weighted by Gasteiger charge is 2.23. The lowest BCUT2D eigenvalue weighted by molar-refractivity contribution is 1.07. The zero-order valence-corrected chi connectivity index (χ0v) is 32.0. The predicted molar refractivity (Wildman–Crippen MR) is 247 cm³/mol. The van der Waals surface area contributed by atoms with Crippen LogP contribution in [0, 0.1) is 0 Å². The number of pyridine rings is 1. The Morgan fingerprint density at radius 1 is 0.271 bits per heavy atom. The lowest BCUT2D eigenvalue weighted by atomic mass is 10.00. The van der Waals surface area contributed by atoms with E-state index in [-0.39, 0.29) is 5.56 Å². The van der Waals surface area contributed by atoms with Gasteiger partial charge in [-0.1, -0.05) is 146 Å². The van der Waals surface area contributed by atoms with Gasteiger partial charge >= 0.3 is 0 Å². The summed E-state index contributed by atoms with van der Waals surface area (Å²) in [6.07, 6.45) is 0. The minimum Gasteiger partial charge on any atom is -0.309 e. The zero-order chi connectivity index (χ0) is 39.0. The van der Waals surface area contributed by atoms with Crippen LogP contribution in [-0.2, 0) is 0 Å². The molecule has 0 spiro atoms. The van der Waals surface area contributed by atoms with Crippen LogP contribution in [0.3, 0.4) is 0 Å². The Morgan fingerprint density at radius 3 is 1.42 bits per heavy atom. The van der Waals surface area contributed by atoms with Crippen LogP contribution >= 0.6 is 0 Å². The van der Waals surface area contributed by atoms with E-state index in [9.17, 15) is 0 Å². The number of aromatic nitrogens is 3. The van der Waals surface area contributed by atoms with Crippen molar-refractivity contribution in [2.24, 2.45) is 0 Å². The van der Waals surface area contributed by atoms with Crippen molar-refractivity contribution >= 4 is 65.3 Å².